The Morgan fingerprint density at radius 3 is 2.56 bits per heavy atom. The number of carbonyl (C=O) groups excluding carboxylic acids is 2. The van der Waals surface area contributed by atoms with Crippen molar-refractivity contribution in [3.05, 3.63) is 70.4 Å². The van der Waals surface area contributed by atoms with Crippen molar-refractivity contribution in [3.63, 3.8) is 0 Å². The van der Waals surface area contributed by atoms with E-state index in [0.717, 1.165) is 13.1 Å². The minimum absolute atomic E-state index is 0.108. The Hall–Kier alpha value is -2.98. The highest BCUT2D eigenvalue weighted by Crippen LogP contribution is 2.20. The topological polar surface area (TPSA) is 78.4 Å². The Morgan fingerprint density at radius 1 is 1.03 bits per heavy atom. The molecule has 32 heavy (non-hydrogen) atoms. The molecule has 0 aliphatic carbocycles. The molecule has 166 valence electrons. The number of benzene rings is 2. The second-order valence-electron chi connectivity index (χ2n) is 7.16. The molecule has 1 fully saturated rings. The van der Waals surface area contributed by atoms with Gasteiger partial charge >= 0.3 is 0 Å². The molecule has 2 heterocycles. The van der Waals surface area contributed by atoms with Gasteiger partial charge in [0.25, 0.3) is 5.91 Å². The summed E-state index contributed by atoms with van der Waals surface area (Å²) in [4.78, 5) is 29.0. The lowest BCUT2D eigenvalue weighted by Crippen LogP contribution is -2.49. The minimum Gasteiger partial charge on any atom is -0.368 e. The molecule has 0 radical (unpaired) electrons. The predicted octanol–water partition coefficient (Wildman–Crippen LogP) is 3.51. The van der Waals surface area contributed by atoms with E-state index in [1.54, 1.807) is 6.07 Å². The molecule has 2 aromatic carbocycles. The highest BCUT2D eigenvalue weighted by molar-refractivity contribution is 7.99. The van der Waals surface area contributed by atoms with Crippen molar-refractivity contribution in [2.75, 3.05) is 42.1 Å². The Labute approximate surface area is 193 Å². The van der Waals surface area contributed by atoms with Gasteiger partial charge in [-0.25, -0.2) is 4.39 Å². The maximum Gasteiger partial charge on any atom is 0.286 e. The molecule has 0 atom stereocenters. The number of nitrogens with zero attached hydrogens (tertiary/aromatic N) is 4. The number of para-hydroxylation sites is 1. The molecule has 4 rings (SSSR count). The van der Waals surface area contributed by atoms with Gasteiger partial charge < -0.3 is 15.1 Å². The summed E-state index contributed by atoms with van der Waals surface area (Å²) >= 11 is 2.63. The van der Waals surface area contributed by atoms with E-state index in [2.05, 4.69) is 32.5 Å². The summed E-state index contributed by atoms with van der Waals surface area (Å²) in [5.74, 6) is 0.104. The smallest absolute Gasteiger partial charge is 0.286 e. The quantitative estimate of drug-likeness (QED) is 0.568. The number of anilines is 2. The monoisotopic (exact) mass is 471 g/mol. The van der Waals surface area contributed by atoms with Crippen LogP contribution >= 0.6 is 23.1 Å². The SMILES string of the molecule is O=C(Nc1cccc(F)c1)c1nnc(CSCC(=O)N2CCN(c3ccccc3)CC2)s1. The number of rotatable bonds is 7. The number of amides is 2. The van der Waals surface area contributed by atoms with Crippen LogP contribution in [0, 0.1) is 5.82 Å². The number of hydrogen-bond donors (Lipinski definition) is 1. The van der Waals surface area contributed by atoms with Crippen molar-refractivity contribution in [2.45, 2.75) is 5.75 Å². The summed E-state index contributed by atoms with van der Waals surface area (Å²) in [6.07, 6.45) is 0. The Balaban J connectivity index is 1.20. The van der Waals surface area contributed by atoms with E-state index in [1.807, 2.05) is 23.1 Å². The molecular weight excluding hydrogens is 449 g/mol. The first-order valence-electron chi connectivity index (χ1n) is 10.1. The van der Waals surface area contributed by atoms with E-state index in [1.165, 1.54) is 47.0 Å². The highest BCUT2D eigenvalue weighted by Gasteiger charge is 2.21. The largest absolute Gasteiger partial charge is 0.368 e. The van der Waals surface area contributed by atoms with Crippen LogP contribution < -0.4 is 10.2 Å². The number of thioether (sulfide) groups is 1. The number of piperazine rings is 1. The average Bonchev–Trinajstić information content (AvgIpc) is 3.29. The van der Waals surface area contributed by atoms with Crippen LogP contribution in [0.25, 0.3) is 0 Å². The van der Waals surface area contributed by atoms with Gasteiger partial charge in [-0.15, -0.1) is 22.0 Å². The standard InChI is InChI=1S/C22H22FN5O2S2/c23-16-5-4-6-17(13-16)24-21(30)22-26-25-19(32-22)14-31-15-20(29)28-11-9-27(10-12-28)18-7-2-1-3-8-18/h1-8,13H,9-12,14-15H2,(H,24,30). The molecular formula is C22H22FN5O2S2. The zero-order valence-electron chi connectivity index (χ0n) is 17.2. The van der Waals surface area contributed by atoms with Crippen molar-refractivity contribution in [2.24, 2.45) is 0 Å². The van der Waals surface area contributed by atoms with E-state index in [0.29, 0.717) is 35.3 Å². The molecule has 10 heteroatoms. The Bertz CT molecular complexity index is 1070. The van der Waals surface area contributed by atoms with E-state index in [4.69, 9.17) is 0 Å². The van der Waals surface area contributed by atoms with E-state index < -0.39 is 11.7 Å². The lowest BCUT2D eigenvalue weighted by Gasteiger charge is -2.36. The van der Waals surface area contributed by atoms with Crippen LogP contribution in [-0.4, -0.2) is 58.8 Å². The third-order valence-electron chi connectivity index (χ3n) is 4.95. The average molecular weight is 472 g/mol. The van der Waals surface area contributed by atoms with Crippen LogP contribution in [-0.2, 0) is 10.5 Å². The Morgan fingerprint density at radius 2 is 1.81 bits per heavy atom. The first kappa shape index (κ1) is 22.2. The van der Waals surface area contributed by atoms with Gasteiger partial charge in [-0.3, -0.25) is 9.59 Å². The number of nitrogens with one attached hydrogen (secondary N) is 1. The third kappa shape index (κ3) is 5.83. The second kappa shape index (κ2) is 10.6. The van der Waals surface area contributed by atoms with Gasteiger partial charge in [0.1, 0.15) is 10.8 Å². The van der Waals surface area contributed by atoms with Crippen molar-refractivity contribution in [3.8, 4) is 0 Å². The van der Waals surface area contributed by atoms with Crippen molar-refractivity contribution >= 4 is 46.3 Å². The van der Waals surface area contributed by atoms with Crippen LogP contribution in [0.5, 0.6) is 0 Å². The van der Waals surface area contributed by atoms with Gasteiger partial charge in [-0.2, -0.15) is 0 Å². The van der Waals surface area contributed by atoms with Crippen LogP contribution in [0.3, 0.4) is 0 Å². The highest BCUT2D eigenvalue weighted by atomic mass is 32.2. The molecule has 1 aromatic heterocycles. The van der Waals surface area contributed by atoms with Gasteiger partial charge in [0, 0.05) is 43.3 Å². The summed E-state index contributed by atoms with van der Waals surface area (Å²) in [6.45, 7) is 3.05. The first-order valence-corrected chi connectivity index (χ1v) is 12.1. The van der Waals surface area contributed by atoms with Gasteiger partial charge in [-0.1, -0.05) is 35.6 Å². The molecule has 7 nitrogen and oxygen atoms in total. The third-order valence-corrected chi connectivity index (χ3v) is 6.98. The van der Waals surface area contributed by atoms with Crippen molar-refractivity contribution in [1.82, 2.24) is 15.1 Å². The van der Waals surface area contributed by atoms with Crippen molar-refractivity contribution in [1.29, 1.82) is 0 Å². The van der Waals surface area contributed by atoms with Crippen LogP contribution in [0.1, 0.15) is 14.8 Å². The maximum absolute atomic E-state index is 13.2. The fourth-order valence-electron chi connectivity index (χ4n) is 3.32. The minimum atomic E-state index is -0.434. The van der Waals surface area contributed by atoms with Crippen molar-refractivity contribution < 1.29 is 14.0 Å². The van der Waals surface area contributed by atoms with Gasteiger partial charge in [0.2, 0.25) is 10.9 Å². The predicted molar refractivity (Wildman–Crippen MR) is 126 cm³/mol. The van der Waals surface area contributed by atoms with Crippen LogP contribution in [0.15, 0.2) is 54.6 Å². The molecule has 3 aromatic rings. The second-order valence-corrected chi connectivity index (χ2v) is 9.21. The zero-order valence-corrected chi connectivity index (χ0v) is 18.9. The molecule has 2 amide bonds. The number of hydrogen-bond acceptors (Lipinski definition) is 7. The number of aromatic nitrogens is 2. The number of carbonyl (C=O) groups is 2. The lowest BCUT2D eigenvalue weighted by molar-refractivity contribution is -0.128. The first-order chi connectivity index (χ1) is 15.6. The summed E-state index contributed by atoms with van der Waals surface area (Å²) in [7, 11) is 0. The van der Waals surface area contributed by atoms with Gasteiger partial charge in [0.05, 0.1) is 5.75 Å². The van der Waals surface area contributed by atoms with E-state index in [9.17, 15) is 14.0 Å². The fourth-order valence-corrected chi connectivity index (χ4v) is 5.03. The maximum atomic E-state index is 13.2. The van der Waals surface area contributed by atoms with E-state index in [-0.39, 0.29) is 10.9 Å². The fraction of sp³-hybridized carbons (Fsp3) is 0.273. The molecule has 1 N–H and O–H groups in total. The molecule has 1 aliphatic rings. The molecule has 0 bridgehead atoms. The van der Waals surface area contributed by atoms with Gasteiger partial charge in [-0.05, 0) is 30.3 Å². The normalized spacial score (nSPS) is 13.8. The summed E-state index contributed by atoms with van der Waals surface area (Å²) in [6, 6.07) is 15.9. The zero-order chi connectivity index (χ0) is 22.3. The summed E-state index contributed by atoms with van der Waals surface area (Å²) in [5.41, 5.74) is 1.54. The summed E-state index contributed by atoms with van der Waals surface area (Å²) in [5, 5.41) is 11.4. The number of halogens is 1. The Kier molecular flexibility index (Phi) is 7.33. The van der Waals surface area contributed by atoms with E-state index >= 15 is 0 Å². The van der Waals surface area contributed by atoms with Crippen LogP contribution in [0.2, 0.25) is 0 Å². The van der Waals surface area contributed by atoms with Crippen LogP contribution in [0.4, 0.5) is 15.8 Å². The summed E-state index contributed by atoms with van der Waals surface area (Å²) < 4.78 is 13.2. The molecule has 1 saturated heterocycles. The molecule has 1 aliphatic heterocycles. The van der Waals surface area contributed by atoms with Gasteiger partial charge in [0.15, 0.2) is 0 Å². The molecule has 0 spiro atoms. The lowest BCUT2D eigenvalue weighted by atomic mass is 10.2. The molecule has 0 unspecified atom stereocenters. The molecule has 0 saturated carbocycles.